The highest BCUT2D eigenvalue weighted by molar-refractivity contribution is 7.98. The first kappa shape index (κ1) is 11.7. The first-order chi connectivity index (χ1) is 6.77. The maximum absolute atomic E-state index is 13.2. The molecule has 78 valence electrons. The van der Waals surface area contributed by atoms with Crippen LogP contribution in [0.4, 0.5) is 4.39 Å². The zero-order valence-corrected chi connectivity index (χ0v) is 9.50. The van der Waals surface area contributed by atoms with E-state index < -0.39 is 0 Å². The van der Waals surface area contributed by atoms with E-state index in [9.17, 15) is 4.39 Å². The smallest absolute Gasteiger partial charge is 0.165 e. The number of methoxy groups -OCH3 is 1. The van der Waals surface area contributed by atoms with E-state index in [2.05, 4.69) is 0 Å². The highest BCUT2D eigenvalue weighted by Gasteiger charge is 2.02. The second-order valence-corrected chi connectivity index (χ2v) is 4.19. The molecule has 0 aliphatic carbocycles. The Morgan fingerprint density at radius 2 is 2.29 bits per heavy atom. The zero-order valence-electron chi connectivity index (χ0n) is 7.93. The largest absolute Gasteiger partial charge is 0.494 e. The minimum absolute atomic E-state index is 0.288. The maximum atomic E-state index is 13.2. The van der Waals surface area contributed by atoms with Gasteiger partial charge in [0, 0.05) is 17.4 Å². The van der Waals surface area contributed by atoms with Gasteiger partial charge in [-0.1, -0.05) is 6.07 Å². The standard InChI is InChI=1S/C10H12ClFOS/c1-13-10-3-2-8(6-9(10)12)7-14-5-4-11/h2-3,6H,4-5,7H2,1H3. The number of alkyl halides is 1. The molecule has 0 radical (unpaired) electrons. The second kappa shape index (κ2) is 6.14. The van der Waals surface area contributed by atoms with Crippen molar-refractivity contribution in [3.63, 3.8) is 0 Å². The molecule has 0 amide bonds. The van der Waals surface area contributed by atoms with E-state index in [0.29, 0.717) is 5.88 Å². The van der Waals surface area contributed by atoms with E-state index in [1.54, 1.807) is 17.8 Å². The Balaban J connectivity index is 2.57. The minimum atomic E-state index is -0.309. The number of halogens is 2. The van der Waals surface area contributed by atoms with Gasteiger partial charge in [-0.25, -0.2) is 4.39 Å². The molecule has 0 saturated heterocycles. The molecule has 0 spiro atoms. The molecular weight excluding hydrogens is 223 g/mol. The van der Waals surface area contributed by atoms with E-state index in [1.807, 2.05) is 6.07 Å². The molecule has 1 rings (SSSR count). The molecule has 0 aromatic heterocycles. The third kappa shape index (κ3) is 3.39. The van der Waals surface area contributed by atoms with Crippen molar-refractivity contribution in [2.45, 2.75) is 5.75 Å². The van der Waals surface area contributed by atoms with Crippen molar-refractivity contribution in [1.82, 2.24) is 0 Å². The van der Waals surface area contributed by atoms with Crippen molar-refractivity contribution in [2.24, 2.45) is 0 Å². The van der Waals surface area contributed by atoms with Gasteiger partial charge in [0.05, 0.1) is 7.11 Å². The molecule has 0 aliphatic heterocycles. The predicted octanol–water partition coefficient (Wildman–Crippen LogP) is 3.31. The molecule has 4 heteroatoms. The first-order valence-electron chi connectivity index (χ1n) is 4.24. The van der Waals surface area contributed by atoms with Gasteiger partial charge in [-0.05, 0) is 17.7 Å². The van der Waals surface area contributed by atoms with Crippen LogP contribution in [0.3, 0.4) is 0 Å². The molecule has 1 nitrogen and oxygen atoms in total. The molecule has 0 N–H and O–H groups in total. The third-order valence-corrected chi connectivity index (χ3v) is 3.15. The van der Waals surface area contributed by atoms with Crippen LogP contribution < -0.4 is 4.74 Å². The summed E-state index contributed by atoms with van der Waals surface area (Å²) in [5, 5.41) is 0. The van der Waals surface area contributed by atoms with Gasteiger partial charge in [-0.3, -0.25) is 0 Å². The summed E-state index contributed by atoms with van der Waals surface area (Å²) in [6, 6.07) is 5.01. The molecule has 14 heavy (non-hydrogen) atoms. The van der Waals surface area contributed by atoms with Crippen LogP contribution in [0.2, 0.25) is 0 Å². The van der Waals surface area contributed by atoms with Crippen LogP contribution in [0.1, 0.15) is 5.56 Å². The molecule has 0 bridgehead atoms. The molecule has 0 heterocycles. The third-order valence-electron chi connectivity index (χ3n) is 1.71. The normalized spacial score (nSPS) is 10.2. The lowest BCUT2D eigenvalue weighted by Crippen LogP contribution is -1.90. The quantitative estimate of drug-likeness (QED) is 0.571. The summed E-state index contributed by atoms with van der Waals surface area (Å²) in [4.78, 5) is 0. The Kier molecular flexibility index (Phi) is 5.12. The van der Waals surface area contributed by atoms with E-state index in [1.165, 1.54) is 13.2 Å². The summed E-state index contributed by atoms with van der Waals surface area (Å²) < 4.78 is 18.0. The Morgan fingerprint density at radius 1 is 1.50 bits per heavy atom. The van der Waals surface area contributed by atoms with E-state index in [0.717, 1.165) is 17.1 Å². The summed E-state index contributed by atoms with van der Waals surface area (Å²) >= 11 is 7.22. The van der Waals surface area contributed by atoms with Gasteiger partial charge in [-0.2, -0.15) is 11.8 Å². The second-order valence-electron chi connectivity index (χ2n) is 2.71. The topological polar surface area (TPSA) is 9.23 Å². The lowest BCUT2D eigenvalue weighted by Gasteiger charge is -2.04. The van der Waals surface area contributed by atoms with Gasteiger partial charge < -0.3 is 4.74 Å². The molecule has 1 aromatic carbocycles. The van der Waals surface area contributed by atoms with Crippen molar-refractivity contribution in [2.75, 3.05) is 18.7 Å². The van der Waals surface area contributed by atoms with E-state index in [4.69, 9.17) is 16.3 Å². The van der Waals surface area contributed by atoms with Crippen LogP contribution in [0.15, 0.2) is 18.2 Å². The molecule has 0 unspecified atom stereocenters. The average molecular weight is 235 g/mol. The van der Waals surface area contributed by atoms with Crippen molar-refractivity contribution in [3.05, 3.63) is 29.6 Å². The summed E-state index contributed by atoms with van der Waals surface area (Å²) in [6.07, 6.45) is 0. The Morgan fingerprint density at radius 3 is 2.86 bits per heavy atom. The summed E-state index contributed by atoms with van der Waals surface area (Å²) in [6.45, 7) is 0. The molecular formula is C10H12ClFOS. The number of hydrogen-bond acceptors (Lipinski definition) is 2. The average Bonchev–Trinajstić information content (AvgIpc) is 2.18. The monoisotopic (exact) mass is 234 g/mol. The summed E-state index contributed by atoms with van der Waals surface area (Å²) in [5.41, 5.74) is 0.957. The highest BCUT2D eigenvalue weighted by atomic mass is 35.5. The molecule has 0 saturated carbocycles. The lowest BCUT2D eigenvalue weighted by atomic mass is 10.2. The number of thioether (sulfide) groups is 1. The fourth-order valence-corrected chi connectivity index (χ4v) is 2.04. The van der Waals surface area contributed by atoms with Crippen LogP contribution in [-0.2, 0) is 5.75 Å². The molecule has 0 aliphatic rings. The Bertz CT molecular complexity index is 293. The maximum Gasteiger partial charge on any atom is 0.165 e. The van der Waals surface area contributed by atoms with Crippen LogP contribution in [0.5, 0.6) is 5.75 Å². The van der Waals surface area contributed by atoms with Gasteiger partial charge in [0.15, 0.2) is 11.6 Å². The summed E-state index contributed by atoms with van der Waals surface area (Å²) in [7, 11) is 1.46. The van der Waals surface area contributed by atoms with Gasteiger partial charge in [0.2, 0.25) is 0 Å². The number of hydrogen-bond donors (Lipinski definition) is 0. The SMILES string of the molecule is COc1ccc(CSCCCl)cc1F. The van der Waals surface area contributed by atoms with E-state index >= 15 is 0 Å². The Hall–Kier alpha value is -0.410. The van der Waals surface area contributed by atoms with Crippen LogP contribution in [0, 0.1) is 5.82 Å². The van der Waals surface area contributed by atoms with Crippen LogP contribution >= 0.6 is 23.4 Å². The molecule has 0 atom stereocenters. The number of ether oxygens (including phenoxy) is 1. The van der Waals surface area contributed by atoms with Crippen LogP contribution in [0.25, 0.3) is 0 Å². The summed E-state index contributed by atoms with van der Waals surface area (Å²) in [5.74, 6) is 2.28. The number of benzene rings is 1. The fraction of sp³-hybridized carbons (Fsp3) is 0.400. The molecule has 1 aromatic rings. The van der Waals surface area contributed by atoms with Gasteiger partial charge in [-0.15, -0.1) is 11.6 Å². The first-order valence-corrected chi connectivity index (χ1v) is 5.93. The Labute approximate surface area is 92.6 Å². The van der Waals surface area contributed by atoms with Gasteiger partial charge in [0.25, 0.3) is 0 Å². The molecule has 0 fully saturated rings. The zero-order chi connectivity index (χ0) is 10.4. The number of rotatable bonds is 5. The van der Waals surface area contributed by atoms with Gasteiger partial charge >= 0.3 is 0 Å². The van der Waals surface area contributed by atoms with Gasteiger partial charge in [0.1, 0.15) is 0 Å². The highest BCUT2D eigenvalue weighted by Crippen LogP contribution is 2.20. The predicted molar refractivity (Wildman–Crippen MR) is 59.8 cm³/mol. The van der Waals surface area contributed by atoms with Crippen molar-refractivity contribution in [3.8, 4) is 5.75 Å². The minimum Gasteiger partial charge on any atom is -0.494 e. The van der Waals surface area contributed by atoms with Crippen molar-refractivity contribution in [1.29, 1.82) is 0 Å². The van der Waals surface area contributed by atoms with Crippen molar-refractivity contribution < 1.29 is 9.13 Å². The lowest BCUT2D eigenvalue weighted by molar-refractivity contribution is 0.386. The van der Waals surface area contributed by atoms with E-state index in [-0.39, 0.29) is 11.6 Å². The fourth-order valence-electron chi connectivity index (χ4n) is 1.04. The van der Waals surface area contributed by atoms with Crippen molar-refractivity contribution >= 4 is 23.4 Å². The van der Waals surface area contributed by atoms with Crippen LogP contribution in [-0.4, -0.2) is 18.7 Å².